The summed E-state index contributed by atoms with van der Waals surface area (Å²) in [4.78, 5) is 27.5. The van der Waals surface area contributed by atoms with Crippen molar-refractivity contribution >= 4 is 23.5 Å². The van der Waals surface area contributed by atoms with Gasteiger partial charge in [0.15, 0.2) is 6.61 Å². The molecule has 1 N–H and O–H groups in total. The molecule has 0 radical (unpaired) electrons. The van der Waals surface area contributed by atoms with Gasteiger partial charge in [-0.15, -0.1) is 0 Å². The Bertz CT molecular complexity index is 606. The van der Waals surface area contributed by atoms with Crippen molar-refractivity contribution in [3.8, 4) is 6.07 Å². The van der Waals surface area contributed by atoms with Crippen LogP contribution in [-0.4, -0.2) is 29.0 Å². The fourth-order valence-corrected chi connectivity index (χ4v) is 2.67. The lowest BCUT2D eigenvalue weighted by molar-refractivity contribution is -0.125. The molecule has 0 spiro atoms. The third-order valence-electron chi connectivity index (χ3n) is 3.61. The molecule has 1 aromatic rings. The van der Waals surface area contributed by atoms with Crippen LogP contribution in [0.15, 0.2) is 18.3 Å². The quantitative estimate of drug-likeness (QED) is 0.678. The first-order chi connectivity index (χ1) is 10.6. The zero-order chi connectivity index (χ0) is 16.0. The summed E-state index contributed by atoms with van der Waals surface area (Å²) in [7, 11) is 0. The largest absolute Gasteiger partial charge is 0.452 e. The Balaban J connectivity index is 1.89. The minimum absolute atomic E-state index is 0.0219. The van der Waals surface area contributed by atoms with Crippen molar-refractivity contribution in [1.29, 1.82) is 5.26 Å². The van der Waals surface area contributed by atoms with Crippen LogP contribution in [0, 0.1) is 11.3 Å². The maximum atomic E-state index is 11.9. The predicted molar refractivity (Wildman–Crippen MR) is 79.1 cm³/mol. The molecule has 1 aliphatic rings. The van der Waals surface area contributed by atoms with Crippen LogP contribution in [0.25, 0.3) is 0 Å². The highest BCUT2D eigenvalue weighted by Gasteiger charge is 2.33. The van der Waals surface area contributed by atoms with E-state index in [4.69, 9.17) is 16.3 Å². The number of hydrogen-bond donors (Lipinski definition) is 1. The Morgan fingerprint density at radius 2 is 2.14 bits per heavy atom. The number of ether oxygens (including phenoxy) is 1. The molecule has 7 heteroatoms. The van der Waals surface area contributed by atoms with Gasteiger partial charge in [-0.25, -0.2) is 9.78 Å². The Kier molecular flexibility index (Phi) is 5.34. The smallest absolute Gasteiger partial charge is 0.341 e. The molecule has 0 aromatic carbocycles. The summed E-state index contributed by atoms with van der Waals surface area (Å²) < 4.78 is 4.92. The van der Waals surface area contributed by atoms with Crippen molar-refractivity contribution in [3.05, 3.63) is 29.0 Å². The van der Waals surface area contributed by atoms with Crippen LogP contribution in [0.3, 0.4) is 0 Å². The molecule has 1 saturated carbocycles. The van der Waals surface area contributed by atoms with E-state index >= 15 is 0 Å². The molecule has 0 aliphatic heterocycles. The summed E-state index contributed by atoms with van der Waals surface area (Å²) in [6, 6.07) is 5.19. The standard InChI is InChI=1S/C15H16ClN3O3/c16-13-11(5-4-8-18-13)14(21)22-9-12(20)19-15(10-17)6-2-1-3-7-15/h4-5,8H,1-3,6-7,9H2,(H,19,20). The van der Waals surface area contributed by atoms with E-state index in [2.05, 4.69) is 16.4 Å². The van der Waals surface area contributed by atoms with E-state index < -0.39 is 24.0 Å². The Hall–Kier alpha value is -2.13. The maximum Gasteiger partial charge on any atom is 0.341 e. The number of nitrogens with one attached hydrogen (secondary N) is 1. The van der Waals surface area contributed by atoms with Gasteiger partial charge in [0.1, 0.15) is 10.7 Å². The van der Waals surface area contributed by atoms with Crippen LogP contribution in [0.5, 0.6) is 0 Å². The lowest BCUT2D eigenvalue weighted by Gasteiger charge is -2.31. The molecule has 0 bridgehead atoms. The fourth-order valence-electron chi connectivity index (χ4n) is 2.47. The molecular formula is C15H16ClN3O3. The van der Waals surface area contributed by atoms with Crippen LogP contribution in [0.1, 0.15) is 42.5 Å². The predicted octanol–water partition coefficient (Wildman–Crippen LogP) is 2.23. The van der Waals surface area contributed by atoms with E-state index in [0.717, 1.165) is 19.3 Å². The third-order valence-corrected chi connectivity index (χ3v) is 3.91. The van der Waals surface area contributed by atoms with Gasteiger partial charge in [-0.2, -0.15) is 5.26 Å². The summed E-state index contributed by atoms with van der Waals surface area (Å²) >= 11 is 5.78. The third kappa shape index (κ3) is 3.95. The lowest BCUT2D eigenvalue weighted by Crippen LogP contribution is -2.50. The molecule has 1 amide bonds. The minimum Gasteiger partial charge on any atom is -0.452 e. The van der Waals surface area contributed by atoms with Gasteiger partial charge in [0.2, 0.25) is 0 Å². The van der Waals surface area contributed by atoms with Gasteiger partial charge in [0.25, 0.3) is 5.91 Å². The van der Waals surface area contributed by atoms with E-state index in [0.29, 0.717) is 12.8 Å². The van der Waals surface area contributed by atoms with E-state index in [9.17, 15) is 14.9 Å². The molecule has 0 saturated heterocycles. The normalized spacial score (nSPS) is 16.4. The van der Waals surface area contributed by atoms with Crippen LogP contribution in [0.4, 0.5) is 0 Å². The highest BCUT2D eigenvalue weighted by molar-refractivity contribution is 6.32. The van der Waals surface area contributed by atoms with Crippen molar-refractivity contribution in [2.24, 2.45) is 0 Å². The van der Waals surface area contributed by atoms with Crippen LogP contribution in [0.2, 0.25) is 5.15 Å². The molecule has 2 rings (SSSR count). The van der Waals surface area contributed by atoms with Crippen molar-refractivity contribution in [2.45, 2.75) is 37.6 Å². The number of carbonyl (C=O) groups is 2. The molecule has 116 valence electrons. The van der Waals surface area contributed by atoms with Gasteiger partial charge in [0, 0.05) is 6.20 Å². The molecular weight excluding hydrogens is 306 g/mol. The first-order valence-corrected chi connectivity index (χ1v) is 7.44. The molecule has 0 unspecified atom stereocenters. The van der Waals surface area contributed by atoms with E-state index in [1.54, 1.807) is 6.07 Å². The number of esters is 1. The Morgan fingerprint density at radius 3 is 2.77 bits per heavy atom. The first-order valence-electron chi connectivity index (χ1n) is 7.06. The number of hydrogen-bond acceptors (Lipinski definition) is 5. The zero-order valence-electron chi connectivity index (χ0n) is 12.0. The van der Waals surface area contributed by atoms with Crippen molar-refractivity contribution in [1.82, 2.24) is 10.3 Å². The summed E-state index contributed by atoms with van der Waals surface area (Å²) in [6.07, 6.45) is 5.56. The van der Waals surface area contributed by atoms with E-state index in [-0.39, 0.29) is 10.7 Å². The van der Waals surface area contributed by atoms with Crippen molar-refractivity contribution < 1.29 is 14.3 Å². The SMILES string of the molecule is N#CC1(NC(=O)COC(=O)c2cccnc2Cl)CCCCC1. The molecule has 1 aromatic heterocycles. The highest BCUT2D eigenvalue weighted by atomic mass is 35.5. The molecule has 1 aliphatic carbocycles. The van der Waals surface area contributed by atoms with Crippen molar-refractivity contribution in [3.63, 3.8) is 0 Å². The Morgan fingerprint density at radius 1 is 1.41 bits per heavy atom. The van der Waals surface area contributed by atoms with Gasteiger partial charge in [-0.1, -0.05) is 30.9 Å². The lowest BCUT2D eigenvalue weighted by atomic mass is 9.83. The number of rotatable bonds is 4. The van der Waals surface area contributed by atoms with E-state index in [1.165, 1.54) is 12.3 Å². The Labute approximate surface area is 133 Å². The monoisotopic (exact) mass is 321 g/mol. The zero-order valence-corrected chi connectivity index (χ0v) is 12.7. The second-order valence-electron chi connectivity index (χ2n) is 5.22. The van der Waals surface area contributed by atoms with Gasteiger partial charge in [0.05, 0.1) is 11.6 Å². The van der Waals surface area contributed by atoms with Crippen molar-refractivity contribution in [2.75, 3.05) is 6.61 Å². The van der Waals surface area contributed by atoms with Gasteiger partial charge < -0.3 is 10.1 Å². The number of nitrogens with zero attached hydrogens (tertiary/aromatic N) is 2. The number of halogens is 1. The summed E-state index contributed by atoms with van der Waals surface area (Å²) in [5.41, 5.74) is -0.738. The van der Waals surface area contributed by atoms with Crippen LogP contribution >= 0.6 is 11.6 Å². The summed E-state index contributed by atoms with van der Waals surface area (Å²) in [6.45, 7) is -0.451. The minimum atomic E-state index is -0.840. The average molecular weight is 322 g/mol. The second kappa shape index (κ2) is 7.23. The molecule has 1 heterocycles. The van der Waals surface area contributed by atoms with Gasteiger partial charge in [-0.3, -0.25) is 4.79 Å². The molecule has 0 atom stereocenters. The topological polar surface area (TPSA) is 92.1 Å². The van der Waals surface area contributed by atoms with Crippen LogP contribution in [-0.2, 0) is 9.53 Å². The molecule has 1 fully saturated rings. The summed E-state index contributed by atoms with van der Waals surface area (Å²) in [5, 5.41) is 12.0. The number of aromatic nitrogens is 1. The highest BCUT2D eigenvalue weighted by Crippen LogP contribution is 2.27. The molecule has 22 heavy (non-hydrogen) atoms. The number of amides is 1. The number of pyridine rings is 1. The number of carbonyl (C=O) groups excluding carboxylic acids is 2. The van der Waals surface area contributed by atoms with E-state index in [1.807, 2.05) is 0 Å². The van der Waals surface area contributed by atoms with Crippen LogP contribution < -0.4 is 5.32 Å². The van der Waals surface area contributed by atoms with Gasteiger partial charge >= 0.3 is 5.97 Å². The maximum absolute atomic E-state index is 11.9. The molecule has 6 nitrogen and oxygen atoms in total. The number of nitriles is 1. The van der Waals surface area contributed by atoms with Gasteiger partial charge in [-0.05, 0) is 25.0 Å². The fraction of sp³-hybridized carbons (Fsp3) is 0.467. The summed E-state index contributed by atoms with van der Waals surface area (Å²) in [5.74, 6) is -1.21. The first kappa shape index (κ1) is 16.2. The second-order valence-corrected chi connectivity index (χ2v) is 5.58. The average Bonchev–Trinajstić information content (AvgIpc) is 2.54.